The van der Waals surface area contributed by atoms with Crippen LogP contribution in [0.15, 0.2) is 37.1 Å². The summed E-state index contributed by atoms with van der Waals surface area (Å²) in [5.41, 5.74) is 3.42. The maximum Gasteiger partial charge on any atom is 0.137 e. The van der Waals surface area contributed by atoms with Gasteiger partial charge in [-0.1, -0.05) is 6.07 Å². The van der Waals surface area contributed by atoms with Gasteiger partial charge in [-0.25, -0.2) is 9.67 Å². The van der Waals surface area contributed by atoms with Gasteiger partial charge in [0, 0.05) is 23.7 Å². The molecule has 5 heteroatoms. The molecule has 0 amide bonds. The van der Waals surface area contributed by atoms with Crippen LogP contribution in [0.2, 0.25) is 0 Å². The minimum absolute atomic E-state index is 0.167. The number of hydrogen-bond donors (Lipinski definition) is 2. The first-order valence-corrected chi connectivity index (χ1v) is 5.89. The first-order valence-electron chi connectivity index (χ1n) is 5.89. The number of H-pyrrole nitrogens is 1. The summed E-state index contributed by atoms with van der Waals surface area (Å²) in [6, 6.07) is 6.27. The molecule has 0 unspecified atom stereocenters. The van der Waals surface area contributed by atoms with E-state index >= 15 is 0 Å². The molecule has 3 rings (SSSR count). The maximum absolute atomic E-state index is 9.04. The molecule has 0 saturated heterocycles. The summed E-state index contributed by atoms with van der Waals surface area (Å²) in [7, 11) is 0. The van der Waals surface area contributed by atoms with E-state index in [2.05, 4.69) is 33.3 Å². The second-order valence-corrected chi connectivity index (χ2v) is 4.26. The Morgan fingerprint density at radius 2 is 2.28 bits per heavy atom. The Labute approximate surface area is 104 Å². The van der Waals surface area contributed by atoms with Crippen LogP contribution in [-0.2, 0) is 13.0 Å². The molecule has 0 spiro atoms. The summed E-state index contributed by atoms with van der Waals surface area (Å²) in [5.74, 6) is 0. The van der Waals surface area contributed by atoms with Crippen molar-refractivity contribution in [2.75, 3.05) is 6.61 Å². The second-order valence-electron chi connectivity index (χ2n) is 4.26. The van der Waals surface area contributed by atoms with Crippen LogP contribution in [0, 0.1) is 0 Å². The highest BCUT2D eigenvalue weighted by atomic mass is 16.2. The Morgan fingerprint density at radius 1 is 1.33 bits per heavy atom. The Balaban J connectivity index is 1.96. The van der Waals surface area contributed by atoms with Crippen molar-refractivity contribution in [3.8, 4) is 0 Å². The van der Waals surface area contributed by atoms with Gasteiger partial charge in [-0.15, -0.1) is 0 Å². The molecule has 0 saturated carbocycles. The summed E-state index contributed by atoms with van der Waals surface area (Å²) in [6.45, 7) is 0.875. The predicted molar refractivity (Wildman–Crippen MR) is 68.2 cm³/mol. The fraction of sp³-hybridized carbons (Fsp3) is 0.231. The van der Waals surface area contributed by atoms with Gasteiger partial charge >= 0.3 is 0 Å². The molecule has 0 aliphatic rings. The number of aliphatic hydroxyl groups is 1. The van der Waals surface area contributed by atoms with Crippen molar-refractivity contribution in [3.63, 3.8) is 0 Å². The third-order valence-electron chi connectivity index (χ3n) is 3.02. The van der Waals surface area contributed by atoms with E-state index in [0.29, 0.717) is 13.0 Å². The zero-order valence-electron chi connectivity index (χ0n) is 9.87. The number of nitrogens with zero attached hydrogens (tertiary/aromatic N) is 3. The molecule has 3 aromatic rings. The van der Waals surface area contributed by atoms with Crippen LogP contribution in [0.3, 0.4) is 0 Å². The van der Waals surface area contributed by atoms with Crippen molar-refractivity contribution in [2.45, 2.75) is 13.0 Å². The number of nitrogens with one attached hydrogen (secondary N) is 1. The number of benzene rings is 1. The Bertz CT molecular complexity index is 642. The van der Waals surface area contributed by atoms with E-state index in [1.165, 1.54) is 17.3 Å². The number of aromatic nitrogens is 4. The first kappa shape index (κ1) is 11.0. The summed E-state index contributed by atoms with van der Waals surface area (Å²) < 4.78 is 1.79. The average Bonchev–Trinajstić information content (AvgIpc) is 3.00. The molecule has 0 atom stereocenters. The van der Waals surface area contributed by atoms with Crippen molar-refractivity contribution in [1.82, 2.24) is 19.7 Å². The topological polar surface area (TPSA) is 66.7 Å². The molecule has 1 aromatic carbocycles. The van der Waals surface area contributed by atoms with E-state index in [-0.39, 0.29) is 6.61 Å². The lowest BCUT2D eigenvalue weighted by Gasteiger charge is -2.02. The lowest BCUT2D eigenvalue weighted by atomic mass is 10.1. The molecule has 0 fully saturated rings. The van der Waals surface area contributed by atoms with Crippen molar-refractivity contribution in [3.05, 3.63) is 48.2 Å². The molecule has 0 bridgehead atoms. The van der Waals surface area contributed by atoms with E-state index in [4.69, 9.17) is 5.11 Å². The van der Waals surface area contributed by atoms with Gasteiger partial charge in [0.1, 0.15) is 12.7 Å². The summed E-state index contributed by atoms with van der Waals surface area (Å²) in [6.07, 6.45) is 5.87. The van der Waals surface area contributed by atoms with Crippen molar-refractivity contribution < 1.29 is 5.11 Å². The molecule has 0 aliphatic heterocycles. The highest BCUT2D eigenvalue weighted by molar-refractivity contribution is 5.83. The summed E-state index contributed by atoms with van der Waals surface area (Å²) in [5, 5.41) is 14.3. The number of aromatic amines is 1. The lowest BCUT2D eigenvalue weighted by molar-refractivity contribution is 0.300. The molecule has 5 nitrogen and oxygen atoms in total. The van der Waals surface area contributed by atoms with Crippen LogP contribution >= 0.6 is 0 Å². The van der Waals surface area contributed by atoms with Gasteiger partial charge in [-0.2, -0.15) is 5.10 Å². The van der Waals surface area contributed by atoms with Gasteiger partial charge in [-0.05, 0) is 29.7 Å². The molecule has 18 heavy (non-hydrogen) atoms. The molecule has 2 aromatic heterocycles. The number of rotatable bonds is 4. The molecule has 2 heterocycles. The minimum atomic E-state index is 0.167. The third-order valence-corrected chi connectivity index (χ3v) is 3.02. The monoisotopic (exact) mass is 242 g/mol. The molecular formula is C13H14N4O. The fourth-order valence-corrected chi connectivity index (χ4v) is 2.15. The predicted octanol–water partition coefficient (Wildman–Crippen LogP) is 1.34. The molecular weight excluding hydrogens is 228 g/mol. The largest absolute Gasteiger partial charge is 0.396 e. The van der Waals surface area contributed by atoms with E-state index in [9.17, 15) is 0 Å². The average molecular weight is 242 g/mol. The second kappa shape index (κ2) is 4.62. The van der Waals surface area contributed by atoms with Crippen LogP contribution in [0.25, 0.3) is 10.9 Å². The maximum atomic E-state index is 9.04. The van der Waals surface area contributed by atoms with E-state index in [1.54, 1.807) is 11.0 Å². The van der Waals surface area contributed by atoms with E-state index < -0.39 is 0 Å². The number of hydrogen-bond acceptors (Lipinski definition) is 3. The number of aliphatic hydroxyl groups excluding tert-OH is 1. The Kier molecular flexibility index (Phi) is 2.82. The smallest absolute Gasteiger partial charge is 0.137 e. The van der Waals surface area contributed by atoms with Crippen molar-refractivity contribution >= 4 is 10.9 Å². The molecule has 0 aliphatic carbocycles. The lowest BCUT2D eigenvalue weighted by Crippen LogP contribution is -1.99. The van der Waals surface area contributed by atoms with Gasteiger partial charge in [0.05, 0.1) is 6.54 Å². The first-order chi connectivity index (χ1) is 8.86. The highest BCUT2D eigenvalue weighted by Crippen LogP contribution is 2.20. The standard InChI is InChI=1S/C13H14N4O/c18-4-3-11-6-15-13-2-1-10(5-12(11)13)7-17-9-14-8-16-17/h1-2,5-6,8-9,15,18H,3-4,7H2. The number of fused-ring (bicyclic) bond motifs is 1. The zero-order chi connectivity index (χ0) is 12.4. The minimum Gasteiger partial charge on any atom is -0.396 e. The SMILES string of the molecule is OCCc1c[nH]c2ccc(Cn3cncn3)cc12. The normalized spacial score (nSPS) is 11.2. The van der Waals surface area contributed by atoms with Gasteiger partial charge in [0.15, 0.2) is 0 Å². The zero-order valence-corrected chi connectivity index (χ0v) is 9.87. The van der Waals surface area contributed by atoms with Crippen molar-refractivity contribution in [1.29, 1.82) is 0 Å². The van der Waals surface area contributed by atoms with Crippen LogP contribution in [0.4, 0.5) is 0 Å². The summed E-state index contributed by atoms with van der Waals surface area (Å²) >= 11 is 0. The van der Waals surface area contributed by atoms with Crippen LogP contribution in [-0.4, -0.2) is 31.5 Å². The van der Waals surface area contributed by atoms with Crippen LogP contribution in [0.1, 0.15) is 11.1 Å². The van der Waals surface area contributed by atoms with Gasteiger partial charge in [0.25, 0.3) is 0 Å². The van der Waals surface area contributed by atoms with E-state index in [1.807, 2.05) is 6.20 Å². The van der Waals surface area contributed by atoms with E-state index in [0.717, 1.165) is 11.1 Å². The van der Waals surface area contributed by atoms with Gasteiger partial charge in [-0.3, -0.25) is 0 Å². The molecule has 92 valence electrons. The van der Waals surface area contributed by atoms with Gasteiger partial charge in [0.2, 0.25) is 0 Å². The van der Waals surface area contributed by atoms with Crippen LogP contribution < -0.4 is 0 Å². The Morgan fingerprint density at radius 3 is 3.06 bits per heavy atom. The molecule has 2 N–H and O–H groups in total. The third kappa shape index (κ3) is 2.00. The van der Waals surface area contributed by atoms with Crippen molar-refractivity contribution in [2.24, 2.45) is 0 Å². The fourth-order valence-electron chi connectivity index (χ4n) is 2.15. The molecule has 0 radical (unpaired) electrons. The summed E-state index contributed by atoms with van der Waals surface area (Å²) in [4.78, 5) is 7.14. The highest BCUT2D eigenvalue weighted by Gasteiger charge is 2.04. The van der Waals surface area contributed by atoms with Crippen LogP contribution in [0.5, 0.6) is 0 Å². The van der Waals surface area contributed by atoms with Gasteiger partial charge < -0.3 is 10.1 Å². The quantitative estimate of drug-likeness (QED) is 0.725. The Hall–Kier alpha value is -2.14.